The molecule has 1 amide bonds. The first-order valence-corrected chi connectivity index (χ1v) is 5.29. The van der Waals surface area contributed by atoms with Crippen molar-refractivity contribution in [3.05, 3.63) is 0 Å². The second-order valence-electron chi connectivity index (χ2n) is 4.11. The second-order valence-corrected chi connectivity index (χ2v) is 4.11. The molecule has 3 N–H and O–H groups in total. The quantitative estimate of drug-likeness (QED) is 0.671. The second kappa shape index (κ2) is 5.32. The number of aliphatic hydroxyl groups excluding tert-OH is 1. The van der Waals surface area contributed by atoms with Crippen LogP contribution in [0.3, 0.4) is 0 Å². The van der Waals surface area contributed by atoms with Gasteiger partial charge in [0, 0.05) is 13.1 Å². The van der Waals surface area contributed by atoms with Gasteiger partial charge in [0.05, 0.1) is 12.5 Å². The number of piperidine rings is 1. The number of carbonyl (C=O) groups excluding carboxylic acids is 1. The predicted octanol–water partition coefficient (Wildman–Crippen LogP) is -0.0454. The van der Waals surface area contributed by atoms with Crippen molar-refractivity contribution in [1.29, 1.82) is 0 Å². The molecule has 0 aromatic rings. The Bertz CT molecular complexity index is 187. The molecule has 14 heavy (non-hydrogen) atoms. The monoisotopic (exact) mass is 200 g/mol. The molecule has 1 heterocycles. The highest BCUT2D eigenvalue weighted by molar-refractivity contribution is 5.76. The summed E-state index contributed by atoms with van der Waals surface area (Å²) < 4.78 is 0. The van der Waals surface area contributed by atoms with E-state index in [4.69, 9.17) is 10.8 Å². The number of hydrogen-bond acceptors (Lipinski definition) is 3. The van der Waals surface area contributed by atoms with Crippen molar-refractivity contribution in [2.24, 2.45) is 11.7 Å². The minimum Gasteiger partial charge on any atom is -0.393 e. The molecule has 4 nitrogen and oxygen atoms in total. The van der Waals surface area contributed by atoms with E-state index in [1.807, 2.05) is 4.90 Å². The van der Waals surface area contributed by atoms with E-state index in [1.54, 1.807) is 6.92 Å². The highest BCUT2D eigenvalue weighted by atomic mass is 16.3. The number of hydrogen-bond donors (Lipinski definition) is 2. The summed E-state index contributed by atoms with van der Waals surface area (Å²) in [6, 6.07) is 0. The van der Waals surface area contributed by atoms with Gasteiger partial charge in [-0.3, -0.25) is 4.79 Å². The van der Waals surface area contributed by atoms with Gasteiger partial charge in [0.25, 0.3) is 0 Å². The van der Waals surface area contributed by atoms with Crippen LogP contribution in [0.4, 0.5) is 0 Å². The summed E-state index contributed by atoms with van der Waals surface area (Å²) >= 11 is 0. The normalized spacial score (nSPS) is 20.9. The van der Waals surface area contributed by atoms with Gasteiger partial charge in [0.2, 0.25) is 5.91 Å². The van der Waals surface area contributed by atoms with Crippen LogP contribution in [0.15, 0.2) is 0 Å². The number of likely N-dealkylation sites (tertiary alicyclic amines) is 1. The average Bonchev–Trinajstić information content (AvgIpc) is 2.17. The van der Waals surface area contributed by atoms with Crippen molar-refractivity contribution < 1.29 is 9.90 Å². The SMILES string of the molecule is CC(O)CC(=O)N1CCC(CN)CC1. The van der Waals surface area contributed by atoms with Gasteiger partial charge in [0.15, 0.2) is 0 Å². The molecule has 1 saturated heterocycles. The molecule has 0 radical (unpaired) electrons. The first-order valence-electron chi connectivity index (χ1n) is 5.29. The topological polar surface area (TPSA) is 66.6 Å². The van der Waals surface area contributed by atoms with Crippen molar-refractivity contribution in [2.45, 2.75) is 32.3 Å². The van der Waals surface area contributed by atoms with E-state index >= 15 is 0 Å². The minimum atomic E-state index is -0.533. The number of rotatable bonds is 3. The van der Waals surface area contributed by atoms with Crippen molar-refractivity contribution in [2.75, 3.05) is 19.6 Å². The fourth-order valence-corrected chi connectivity index (χ4v) is 1.80. The Kier molecular flexibility index (Phi) is 4.35. The van der Waals surface area contributed by atoms with Crippen molar-refractivity contribution in [3.8, 4) is 0 Å². The molecule has 1 atom stereocenters. The van der Waals surface area contributed by atoms with Gasteiger partial charge in [0.1, 0.15) is 0 Å². The van der Waals surface area contributed by atoms with Crippen molar-refractivity contribution >= 4 is 5.91 Å². The number of amides is 1. The number of nitrogens with two attached hydrogens (primary N) is 1. The number of carbonyl (C=O) groups is 1. The van der Waals surface area contributed by atoms with E-state index in [1.165, 1.54) is 0 Å². The molecule has 82 valence electrons. The Morgan fingerprint density at radius 2 is 2.14 bits per heavy atom. The zero-order chi connectivity index (χ0) is 10.6. The zero-order valence-corrected chi connectivity index (χ0v) is 8.78. The van der Waals surface area contributed by atoms with Gasteiger partial charge >= 0.3 is 0 Å². The molecule has 0 aromatic carbocycles. The molecule has 0 bridgehead atoms. The lowest BCUT2D eigenvalue weighted by atomic mass is 9.97. The molecular weight excluding hydrogens is 180 g/mol. The molecule has 1 aliphatic rings. The highest BCUT2D eigenvalue weighted by Crippen LogP contribution is 2.16. The lowest BCUT2D eigenvalue weighted by Crippen LogP contribution is -2.40. The molecule has 1 aliphatic heterocycles. The van der Waals surface area contributed by atoms with Crippen molar-refractivity contribution in [3.63, 3.8) is 0 Å². The van der Waals surface area contributed by atoms with Crippen LogP contribution in [-0.4, -0.2) is 41.7 Å². The third kappa shape index (κ3) is 3.27. The Balaban J connectivity index is 2.30. The molecular formula is C10H20N2O2. The molecule has 0 aromatic heterocycles. The van der Waals surface area contributed by atoms with E-state index in [2.05, 4.69) is 0 Å². The minimum absolute atomic E-state index is 0.0653. The maximum atomic E-state index is 11.5. The molecule has 4 heteroatoms. The van der Waals surface area contributed by atoms with Gasteiger partial charge in [-0.25, -0.2) is 0 Å². The summed E-state index contributed by atoms with van der Waals surface area (Å²) in [5, 5.41) is 9.08. The zero-order valence-electron chi connectivity index (χ0n) is 8.78. The highest BCUT2D eigenvalue weighted by Gasteiger charge is 2.22. The lowest BCUT2D eigenvalue weighted by molar-refractivity contribution is -0.134. The van der Waals surface area contributed by atoms with E-state index in [-0.39, 0.29) is 12.3 Å². The maximum absolute atomic E-state index is 11.5. The van der Waals surface area contributed by atoms with Crippen LogP contribution < -0.4 is 5.73 Å². The molecule has 0 aliphatic carbocycles. The summed E-state index contributed by atoms with van der Waals surface area (Å²) in [5.41, 5.74) is 5.56. The average molecular weight is 200 g/mol. The standard InChI is InChI=1S/C10H20N2O2/c1-8(13)6-10(14)12-4-2-9(7-11)3-5-12/h8-9,13H,2-7,11H2,1H3. The van der Waals surface area contributed by atoms with Crippen LogP contribution >= 0.6 is 0 Å². The first kappa shape index (κ1) is 11.5. The smallest absolute Gasteiger partial charge is 0.225 e. The fourth-order valence-electron chi connectivity index (χ4n) is 1.80. The molecule has 0 saturated carbocycles. The van der Waals surface area contributed by atoms with Crippen molar-refractivity contribution in [1.82, 2.24) is 4.90 Å². The summed E-state index contributed by atoms with van der Waals surface area (Å²) in [7, 11) is 0. The number of aliphatic hydroxyl groups is 1. The number of nitrogens with zero attached hydrogens (tertiary/aromatic N) is 1. The Morgan fingerprint density at radius 1 is 1.57 bits per heavy atom. The summed E-state index contributed by atoms with van der Waals surface area (Å²) in [6.45, 7) is 3.96. The third-order valence-electron chi connectivity index (χ3n) is 2.77. The van der Waals surface area contributed by atoms with Gasteiger partial charge < -0.3 is 15.7 Å². The first-order chi connectivity index (χ1) is 6.63. The van der Waals surface area contributed by atoms with Crippen LogP contribution in [0, 0.1) is 5.92 Å². The van der Waals surface area contributed by atoms with E-state index in [9.17, 15) is 4.79 Å². The third-order valence-corrected chi connectivity index (χ3v) is 2.77. The van der Waals surface area contributed by atoms with Crippen LogP contribution in [0.2, 0.25) is 0 Å². The summed E-state index contributed by atoms with van der Waals surface area (Å²) in [4.78, 5) is 13.4. The summed E-state index contributed by atoms with van der Waals surface area (Å²) in [6.07, 6.45) is 1.71. The van der Waals surface area contributed by atoms with Crippen LogP contribution in [0.25, 0.3) is 0 Å². The van der Waals surface area contributed by atoms with E-state index < -0.39 is 6.10 Å². The Hall–Kier alpha value is -0.610. The van der Waals surface area contributed by atoms with E-state index in [0.717, 1.165) is 32.5 Å². The maximum Gasteiger partial charge on any atom is 0.225 e. The Morgan fingerprint density at radius 3 is 2.57 bits per heavy atom. The summed E-state index contributed by atoms with van der Waals surface area (Å²) in [5.74, 6) is 0.640. The fraction of sp³-hybridized carbons (Fsp3) is 0.900. The van der Waals surface area contributed by atoms with Crippen LogP contribution in [0.1, 0.15) is 26.2 Å². The lowest BCUT2D eigenvalue weighted by Gasteiger charge is -2.31. The Labute approximate surface area is 85.1 Å². The van der Waals surface area contributed by atoms with E-state index in [0.29, 0.717) is 5.92 Å². The van der Waals surface area contributed by atoms with Crippen LogP contribution in [-0.2, 0) is 4.79 Å². The molecule has 1 fully saturated rings. The molecule has 1 unspecified atom stereocenters. The largest absolute Gasteiger partial charge is 0.393 e. The van der Waals surface area contributed by atoms with Crippen LogP contribution in [0.5, 0.6) is 0 Å². The molecule has 1 rings (SSSR count). The predicted molar refractivity (Wildman–Crippen MR) is 54.7 cm³/mol. The van der Waals surface area contributed by atoms with Gasteiger partial charge in [-0.2, -0.15) is 0 Å². The van der Waals surface area contributed by atoms with Gasteiger partial charge in [-0.05, 0) is 32.2 Å². The molecule has 0 spiro atoms. The van der Waals surface area contributed by atoms with Gasteiger partial charge in [-0.15, -0.1) is 0 Å². The van der Waals surface area contributed by atoms with Gasteiger partial charge in [-0.1, -0.05) is 0 Å².